The fourth-order valence-corrected chi connectivity index (χ4v) is 4.60. The highest BCUT2D eigenvalue weighted by Gasteiger charge is 2.35. The van der Waals surface area contributed by atoms with Crippen molar-refractivity contribution >= 4 is 67.4 Å². The van der Waals surface area contributed by atoms with Crippen molar-refractivity contribution in [1.29, 1.82) is 0 Å². The zero-order valence-corrected chi connectivity index (χ0v) is 23.4. The number of carbonyl (C=O) groups is 3. The van der Waals surface area contributed by atoms with Crippen LogP contribution in [0.1, 0.15) is 27.4 Å². The van der Waals surface area contributed by atoms with Gasteiger partial charge in [-0.2, -0.15) is 0 Å². The lowest BCUT2D eigenvalue weighted by Crippen LogP contribution is -2.30. The number of carbonyl (C=O) groups excluding carboxylic acids is 3. The summed E-state index contributed by atoms with van der Waals surface area (Å²) < 4.78 is 22.6. The summed E-state index contributed by atoms with van der Waals surface area (Å²) in [4.78, 5) is 38.0. The molecule has 0 radical (unpaired) electrons. The van der Waals surface area contributed by atoms with Gasteiger partial charge in [0.05, 0.1) is 25.2 Å². The van der Waals surface area contributed by atoms with Crippen LogP contribution in [0.25, 0.3) is 6.08 Å². The Morgan fingerprint density at radius 3 is 2.59 bits per heavy atom. The first kappa shape index (κ1) is 26.8. The molecule has 0 spiro atoms. The Morgan fingerprint density at radius 2 is 1.89 bits per heavy atom. The van der Waals surface area contributed by atoms with Gasteiger partial charge in [0, 0.05) is 15.1 Å². The predicted octanol–water partition coefficient (Wildman–Crippen LogP) is 5.93. The first-order chi connectivity index (χ1) is 17.7. The van der Waals surface area contributed by atoms with E-state index in [1.165, 1.54) is 32.4 Å². The lowest BCUT2D eigenvalue weighted by atomic mass is 10.1. The number of amides is 3. The molecule has 1 saturated heterocycles. The van der Waals surface area contributed by atoms with E-state index in [0.717, 1.165) is 10.5 Å². The minimum Gasteiger partial charge on any atom is -0.493 e. The first-order valence-electron chi connectivity index (χ1n) is 10.7. The van der Waals surface area contributed by atoms with Gasteiger partial charge in [0.15, 0.2) is 11.5 Å². The van der Waals surface area contributed by atoms with Gasteiger partial charge in [-0.1, -0.05) is 29.8 Å². The average Bonchev–Trinajstić information content (AvgIpc) is 3.47. The molecular formula is C25H19Br2ClN2O7. The van der Waals surface area contributed by atoms with Gasteiger partial charge in [-0.25, -0.2) is 9.59 Å². The van der Waals surface area contributed by atoms with Gasteiger partial charge in [0.25, 0.3) is 5.91 Å². The number of urea groups is 1. The largest absolute Gasteiger partial charge is 0.493 e. The third-order valence-electron chi connectivity index (χ3n) is 5.33. The van der Waals surface area contributed by atoms with Gasteiger partial charge >= 0.3 is 12.0 Å². The Balaban J connectivity index is 1.56. The second-order valence-electron chi connectivity index (χ2n) is 7.64. The summed E-state index contributed by atoms with van der Waals surface area (Å²) in [5.74, 6) is -0.184. The quantitative estimate of drug-likeness (QED) is 0.183. The van der Waals surface area contributed by atoms with E-state index in [0.29, 0.717) is 31.0 Å². The van der Waals surface area contributed by atoms with Crippen molar-refractivity contribution in [1.82, 2.24) is 10.2 Å². The normalized spacial score (nSPS) is 14.2. The van der Waals surface area contributed by atoms with E-state index < -0.39 is 17.9 Å². The van der Waals surface area contributed by atoms with Crippen molar-refractivity contribution in [3.63, 3.8) is 0 Å². The van der Waals surface area contributed by atoms with Crippen molar-refractivity contribution in [3.8, 4) is 11.5 Å². The number of methoxy groups -OCH3 is 2. The van der Waals surface area contributed by atoms with Crippen molar-refractivity contribution < 1.29 is 33.0 Å². The molecule has 1 aliphatic rings. The number of furan rings is 1. The number of benzene rings is 2. The number of halogens is 3. The maximum atomic E-state index is 13.0. The minimum atomic E-state index is -0.660. The topological polar surface area (TPSA) is 107 Å². The lowest BCUT2D eigenvalue weighted by molar-refractivity contribution is -0.123. The van der Waals surface area contributed by atoms with Gasteiger partial charge < -0.3 is 23.9 Å². The maximum absolute atomic E-state index is 13.0. The van der Waals surface area contributed by atoms with Crippen molar-refractivity contribution in [3.05, 3.63) is 84.8 Å². The second kappa shape index (κ2) is 11.4. The van der Waals surface area contributed by atoms with Crippen molar-refractivity contribution in [2.24, 2.45) is 0 Å². The number of ether oxygens (including phenoxy) is 3. The average molecular weight is 655 g/mol. The predicted molar refractivity (Wildman–Crippen MR) is 141 cm³/mol. The van der Waals surface area contributed by atoms with Crippen LogP contribution in [0.5, 0.6) is 11.5 Å². The molecule has 9 nitrogen and oxygen atoms in total. The van der Waals surface area contributed by atoms with Crippen LogP contribution in [-0.2, 0) is 22.7 Å². The van der Waals surface area contributed by atoms with Gasteiger partial charge in [-0.05, 0) is 67.8 Å². The summed E-state index contributed by atoms with van der Waals surface area (Å²) >= 11 is 13.3. The number of nitrogens with one attached hydrogen (secondary N) is 1. The van der Waals surface area contributed by atoms with E-state index in [-0.39, 0.29) is 30.4 Å². The molecule has 0 bridgehead atoms. The number of rotatable bonds is 8. The highest BCUT2D eigenvalue weighted by atomic mass is 79.9. The van der Waals surface area contributed by atoms with Gasteiger partial charge in [0.2, 0.25) is 5.76 Å². The molecular weight excluding hydrogens is 636 g/mol. The fourth-order valence-electron chi connectivity index (χ4n) is 3.46. The van der Waals surface area contributed by atoms with Crippen LogP contribution in [0.15, 0.2) is 61.5 Å². The Morgan fingerprint density at radius 1 is 1.14 bits per heavy atom. The van der Waals surface area contributed by atoms with Crippen LogP contribution >= 0.6 is 43.5 Å². The molecule has 192 valence electrons. The lowest BCUT2D eigenvalue weighted by Gasteiger charge is -2.16. The Bertz CT molecular complexity index is 1420. The number of hydrogen-bond acceptors (Lipinski definition) is 7. The van der Waals surface area contributed by atoms with E-state index in [1.807, 2.05) is 18.2 Å². The molecule has 4 rings (SSSR count). The summed E-state index contributed by atoms with van der Waals surface area (Å²) in [6.45, 7) is 0.0392. The maximum Gasteiger partial charge on any atom is 0.373 e. The summed E-state index contributed by atoms with van der Waals surface area (Å²) in [5.41, 5.74) is 1.39. The Kier molecular flexibility index (Phi) is 8.25. The molecule has 1 N–H and O–H groups in total. The smallest absolute Gasteiger partial charge is 0.373 e. The molecule has 1 aliphatic heterocycles. The molecule has 0 unspecified atom stereocenters. The fraction of sp³-hybridized carbons (Fsp3) is 0.160. The highest BCUT2D eigenvalue weighted by molar-refractivity contribution is 9.13. The number of imide groups is 1. The second-order valence-corrected chi connectivity index (χ2v) is 9.64. The minimum absolute atomic E-state index is 0.0296. The molecule has 1 aromatic heterocycles. The summed E-state index contributed by atoms with van der Waals surface area (Å²) in [6.07, 6.45) is 1.51. The SMILES string of the molecule is COC(=O)c1ccc(CN2C(=O)N/C(=C\c3cc(OC)c(OCc4ccccc4Cl)c(Br)c3Br)C2=O)o1. The molecule has 0 atom stereocenters. The van der Waals surface area contributed by atoms with Crippen molar-refractivity contribution in [2.75, 3.05) is 14.2 Å². The molecule has 1 fully saturated rings. The van der Waals surface area contributed by atoms with Crippen LogP contribution in [0.4, 0.5) is 4.79 Å². The van der Waals surface area contributed by atoms with Crippen LogP contribution in [0.3, 0.4) is 0 Å². The number of nitrogens with zero attached hydrogens (tertiary/aromatic N) is 1. The molecule has 0 saturated carbocycles. The van der Waals surface area contributed by atoms with Crippen LogP contribution in [-0.4, -0.2) is 37.0 Å². The zero-order valence-electron chi connectivity index (χ0n) is 19.5. The Labute approximate surface area is 233 Å². The van der Waals surface area contributed by atoms with E-state index in [9.17, 15) is 14.4 Å². The van der Waals surface area contributed by atoms with Gasteiger partial charge in [-0.15, -0.1) is 0 Å². The standard InChI is InChI=1S/C25H19Br2ClN2O7/c1-34-19-10-14(20(26)21(27)22(19)36-12-13-5-3-4-6-16(13)28)9-17-23(31)30(25(33)29-17)11-15-7-8-18(37-15)24(32)35-2/h3-10H,11-12H2,1-2H3,(H,29,33)/b17-9-. The molecule has 0 aliphatic carbocycles. The van der Waals surface area contributed by atoms with Crippen LogP contribution in [0, 0.1) is 0 Å². The number of hydrogen-bond donors (Lipinski definition) is 1. The van der Waals surface area contributed by atoms with Crippen molar-refractivity contribution in [2.45, 2.75) is 13.2 Å². The summed E-state index contributed by atoms with van der Waals surface area (Å²) in [6, 6.07) is 11.3. The van der Waals surface area contributed by atoms with Crippen LogP contribution in [0.2, 0.25) is 5.02 Å². The highest BCUT2D eigenvalue weighted by Crippen LogP contribution is 2.44. The molecule has 3 amide bonds. The van der Waals surface area contributed by atoms with E-state index in [4.69, 9.17) is 25.5 Å². The summed E-state index contributed by atoms with van der Waals surface area (Å²) in [7, 11) is 2.72. The molecule has 2 aromatic carbocycles. The monoisotopic (exact) mass is 652 g/mol. The molecule has 2 heterocycles. The molecule has 3 aromatic rings. The summed E-state index contributed by atoms with van der Waals surface area (Å²) in [5, 5.41) is 3.14. The van der Waals surface area contributed by atoms with Crippen LogP contribution < -0.4 is 14.8 Å². The van der Waals surface area contributed by atoms with Gasteiger partial charge in [-0.3, -0.25) is 9.69 Å². The molecule has 37 heavy (non-hydrogen) atoms. The van der Waals surface area contributed by atoms with E-state index in [1.54, 1.807) is 12.1 Å². The molecule has 12 heteroatoms. The van der Waals surface area contributed by atoms with Gasteiger partial charge in [0.1, 0.15) is 18.1 Å². The third-order valence-corrected chi connectivity index (χ3v) is 7.84. The first-order valence-corrected chi connectivity index (χ1v) is 12.6. The third kappa shape index (κ3) is 5.68. The van der Waals surface area contributed by atoms with E-state index >= 15 is 0 Å². The van der Waals surface area contributed by atoms with E-state index in [2.05, 4.69) is 41.9 Å². The zero-order chi connectivity index (χ0) is 26.7. The number of esters is 1. The Hall–Kier alpha value is -3.28.